The fourth-order valence-corrected chi connectivity index (χ4v) is 4.56. The summed E-state index contributed by atoms with van der Waals surface area (Å²) in [6, 6.07) is 0.915. The monoisotopic (exact) mass is 274 g/mol. The van der Waals surface area contributed by atoms with Gasteiger partial charge in [0.1, 0.15) is 0 Å². The Morgan fingerprint density at radius 3 is 2.24 bits per heavy atom. The number of hydrogen-bond acceptors (Lipinski definition) is 4. The Labute approximate surface area is 109 Å². The zero-order valence-corrected chi connectivity index (χ0v) is 12.9. The number of hydrogen-bond donors (Lipinski definition) is 0. The first kappa shape index (κ1) is 15.3. The highest BCUT2D eigenvalue weighted by atomic mass is 28.4. The van der Waals surface area contributed by atoms with Crippen LogP contribution in [0.2, 0.25) is 6.04 Å². The third kappa shape index (κ3) is 3.62. The van der Waals surface area contributed by atoms with Gasteiger partial charge in [0.05, 0.1) is 12.2 Å². The third-order valence-electron chi connectivity index (χ3n) is 3.90. The van der Waals surface area contributed by atoms with E-state index in [2.05, 4.69) is 0 Å². The molecule has 3 atom stereocenters. The van der Waals surface area contributed by atoms with Crippen LogP contribution in [0.3, 0.4) is 0 Å². The molecule has 0 N–H and O–H groups in total. The number of epoxide rings is 1. The van der Waals surface area contributed by atoms with Gasteiger partial charge in [0.2, 0.25) is 0 Å². The van der Waals surface area contributed by atoms with Crippen molar-refractivity contribution >= 4 is 19.8 Å². The van der Waals surface area contributed by atoms with Crippen molar-refractivity contribution in [1.82, 2.24) is 0 Å². The van der Waals surface area contributed by atoms with Crippen LogP contribution in [0.5, 0.6) is 0 Å². The molecular weight excluding hydrogens is 252 g/mol. The predicted octanol–water partition coefficient (Wildman–Crippen LogP) is 1.44. The second kappa shape index (κ2) is 6.44. The molecule has 1 saturated carbocycles. The Kier molecular flexibility index (Phi) is 5.81. The van der Waals surface area contributed by atoms with E-state index in [-0.39, 0.29) is 11.0 Å². The minimum Gasteiger partial charge on any atom is -0.377 e. The summed E-state index contributed by atoms with van der Waals surface area (Å²) < 4.78 is 21.8. The van der Waals surface area contributed by atoms with E-state index in [9.17, 15) is 0 Å². The molecule has 1 aliphatic carbocycles. The molecular formula is C11H22O4Si2. The molecule has 6 heteroatoms. The van der Waals surface area contributed by atoms with Crippen LogP contribution in [0.1, 0.15) is 25.7 Å². The van der Waals surface area contributed by atoms with Crippen molar-refractivity contribution < 1.29 is 18.0 Å². The molecule has 17 heavy (non-hydrogen) atoms. The van der Waals surface area contributed by atoms with Crippen molar-refractivity contribution in [3.05, 3.63) is 0 Å². The van der Waals surface area contributed by atoms with Crippen LogP contribution in [-0.2, 0) is 18.0 Å². The first-order valence-corrected chi connectivity index (χ1v) is 7.97. The van der Waals surface area contributed by atoms with Crippen molar-refractivity contribution in [1.29, 1.82) is 0 Å². The number of fused-ring (bicyclic) bond motifs is 1. The Morgan fingerprint density at radius 1 is 1.06 bits per heavy atom. The summed E-state index contributed by atoms with van der Waals surface area (Å²) in [6.45, 7) is 0. The molecule has 1 heterocycles. The van der Waals surface area contributed by atoms with Crippen molar-refractivity contribution in [3.63, 3.8) is 0 Å². The maximum Gasteiger partial charge on any atom is 0.500 e. The molecule has 0 spiro atoms. The molecule has 2 fully saturated rings. The average molecular weight is 274 g/mol. The van der Waals surface area contributed by atoms with Crippen LogP contribution in [0.25, 0.3) is 0 Å². The van der Waals surface area contributed by atoms with Crippen LogP contribution in [0, 0.1) is 5.92 Å². The maximum atomic E-state index is 5.54. The molecule has 4 nitrogen and oxygen atoms in total. The van der Waals surface area contributed by atoms with Crippen molar-refractivity contribution in [2.24, 2.45) is 5.92 Å². The van der Waals surface area contributed by atoms with Gasteiger partial charge in [-0.25, -0.2) is 0 Å². The molecule has 1 aliphatic heterocycles. The van der Waals surface area contributed by atoms with Gasteiger partial charge in [0.25, 0.3) is 0 Å². The van der Waals surface area contributed by atoms with Gasteiger partial charge in [-0.2, -0.15) is 0 Å². The third-order valence-corrected chi connectivity index (χ3v) is 6.67. The van der Waals surface area contributed by atoms with Crippen molar-refractivity contribution in [3.8, 4) is 0 Å². The lowest BCUT2D eigenvalue weighted by atomic mass is 9.88. The Bertz CT molecular complexity index is 227. The first-order chi connectivity index (χ1) is 7.73. The van der Waals surface area contributed by atoms with E-state index >= 15 is 0 Å². The zero-order chi connectivity index (χ0) is 11.6. The molecule has 2 rings (SSSR count). The van der Waals surface area contributed by atoms with Gasteiger partial charge in [-0.3, -0.25) is 0 Å². The van der Waals surface area contributed by atoms with E-state index in [1.165, 1.54) is 19.3 Å². The van der Waals surface area contributed by atoms with Gasteiger partial charge >= 0.3 is 8.80 Å². The van der Waals surface area contributed by atoms with Crippen LogP contribution in [0.15, 0.2) is 0 Å². The fraction of sp³-hybridized carbons (Fsp3) is 1.00. The lowest BCUT2D eigenvalue weighted by Gasteiger charge is -2.27. The van der Waals surface area contributed by atoms with Gasteiger partial charge in [0, 0.05) is 38.3 Å². The Hall–Kier alpha value is 0.274. The SMILES string of the molecule is CO[Si](CCC1CCC2OC2C1)(OC)OC.[Si]. The molecule has 0 aromatic rings. The topological polar surface area (TPSA) is 40.2 Å². The summed E-state index contributed by atoms with van der Waals surface area (Å²) in [5.74, 6) is 0.760. The summed E-state index contributed by atoms with van der Waals surface area (Å²) >= 11 is 0. The van der Waals surface area contributed by atoms with Crippen LogP contribution < -0.4 is 0 Å². The molecule has 0 aromatic carbocycles. The molecule has 98 valence electrons. The van der Waals surface area contributed by atoms with Crippen LogP contribution >= 0.6 is 0 Å². The quantitative estimate of drug-likeness (QED) is 0.543. The lowest BCUT2D eigenvalue weighted by molar-refractivity contribution is 0.120. The summed E-state index contributed by atoms with van der Waals surface area (Å²) in [5, 5.41) is 0. The minimum absolute atomic E-state index is 0. The van der Waals surface area contributed by atoms with Gasteiger partial charge < -0.3 is 18.0 Å². The van der Waals surface area contributed by atoms with Crippen LogP contribution in [-0.4, -0.2) is 53.3 Å². The molecule has 2 aliphatic rings. The molecule has 0 amide bonds. The van der Waals surface area contributed by atoms with Gasteiger partial charge in [-0.05, 0) is 31.6 Å². The molecule has 0 aromatic heterocycles. The zero-order valence-electron chi connectivity index (χ0n) is 10.9. The Morgan fingerprint density at radius 2 is 1.71 bits per heavy atom. The smallest absolute Gasteiger partial charge is 0.377 e. The standard InChI is InChI=1S/C11H22O4Si.Si/c1-12-16(13-2,14-3)7-6-9-4-5-10-11(8-9)15-10;/h9-11H,4-8H2,1-3H3;. The maximum absolute atomic E-state index is 5.54. The van der Waals surface area contributed by atoms with Crippen molar-refractivity contribution in [2.45, 2.75) is 43.9 Å². The minimum atomic E-state index is -2.35. The average Bonchev–Trinajstić information content (AvgIpc) is 3.10. The van der Waals surface area contributed by atoms with E-state index in [1.54, 1.807) is 21.3 Å². The van der Waals surface area contributed by atoms with Gasteiger partial charge in [-0.1, -0.05) is 0 Å². The van der Waals surface area contributed by atoms with Crippen LogP contribution in [0.4, 0.5) is 0 Å². The largest absolute Gasteiger partial charge is 0.500 e. The van der Waals surface area contributed by atoms with Gasteiger partial charge in [0.15, 0.2) is 0 Å². The summed E-state index contributed by atoms with van der Waals surface area (Å²) in [4.78, 5) is 0. The highest BCUT2D eigenvalue weighted by Gasteiger charge is 2.45. The normalized spacial score (nSPS) is 31.6. The summed E-state index contributed by atoms with van der Waals surface area (Å²) in [5.41, 5.74) is 0. The van der Waals surface area contributed by atoms with E-state index in [4.69, 9.17) is 18.0 Å². The van der Waals surface area contributed by atoms with E-state index < -0.39 is 8.80 Å². The van der Waals surface area contributed by atoms with Crippen molar-refractivity contribution in [2.75, 3.05) is 21.3 Å². The van der Waals surface area contributed by atoms with Gasteiger partial charge in [-0.15, -0.1) is 0 Å². The number of ether oxygens (including phenoxy) is 1. The van der Waals surface area contributed by atoms with E-state index in [0.29, 0.717) is 12.2 Å². The molecule has 3 unspecified atom stereocenters. The second-order valence-corrected chi connectivity index (χ2v) is 7.82. The lowest BCUT2D eigenvalue weighted by Crippen LogP contribution is -2.43. The fourth-order valence-electron chi connectivity index (χ4n) is 2.69. The first-order valence-electron chi connectivity index (χ1n) is 6.04. The summed E-state index contributed by atoms with van der Waals surface area (Å²) in [6.07, 6.45) is 6.01. The molecule has 1 saturated heterocycles. The highest BCUT2D eigenvalue weighted by molar-refractivity contribution is 6.60. The molecule has 4 radical (unpaired) electrons. The predicted molar refractivity (Wildman–Crippen MR) is 68.0 cm³/mol. The van der Waals surface area contributed by atoms with E-state index in [0.717, 1.165) is 18.4 Å². The van der Waals surface area contributed by atoms with E-state index in [1.807, 2.05) is 0 Å². The Balaban J connectivity index is 0.00000144. The summed E-state index contributed by atoms with van der Waals surface area (Å²) in [7, 11) is 2.69. The number of rotatable bonds is 6. The molecule has 0 bridgehead atoms. The second-order valence-electron chi connectivity index (χ2n) is 4.73. The highest BCUT2D eigenvalue weighted by Crippen LogP contribution is 2.41.